The lowest BCUT2D eigenvalue weighted by atomic mass is 9.96. The smallest absolute Gasteiger partial charge is 0.255 e. The first-order chi connectivity index (χ1) is 11.7. The molecule has 24 heavy (non-hydrogen) atoms. The van der Waals surface area contributed by atoms with Gasteiger partial charge in [0.1, 0.15) is 5.82 Å². The van der Waals surface area contributed by atoms with E-state index in [1.54, 1.807) is 6.07 Å². The van der Waals surface area contributed by atoms with Gasteiger partial charge in [-0.1, -0.05) is 23.7 Å². The predicted octanol–water partition coefficient (Wildman–Crippen LogP) is 3.97. The van der Waals surface area contributed by atoms with Crippen LogP contribution in [0.25, 0.3) is 0 Å². The van der Waals surface area contributed by atoms with Crippen molar-refractivity contribution in [1.29, 1.82) is 0 Å². The minimum atomic E-state index is 0.0330. The van der Waals surface area contributed by atoms with Crippen LogP contribution >= 0.6 is 11.6 Å². The van der Waals surface area contributed by atoms with Crippen molar-refractivity contribution in [3.05, 3.63) is 53.1 Å². The first-order valence-corrected chi connectivity index (χ1v) is 9.15. The number of likely N-dealkylation sites (tertiary alicyclic amines) is 1. The summed E-state index contributed by atoms with van der Waals surface area (Å²) in [6.07, 6.45) is 8.75. The van der Waals surface area contributed by atoms with Gasteiger partial charge in [-0.05, 0) is 43.7 Å². The van der Waals surface area contributed by atoms with Gasteiger partial charge in [-0.25, -0.2) is 4.98 Å². The van der Waals surface area contributed by atoms with Gasteiger partial charge in [0.25, 0.3) is 5.91 Å². The normalized spacial score (nSPS) is 21.0. The first-order valence-electron chi connectivity index (χ1n) is 8.77. The molecule has 0 bridgehead atoms. The highest BCUT2D eigenvalue weighted by molar-refractivity contribution is 6.33. The lowest BCUT2D eigenvalue weighted by molar-refractivity contribution is 0.0703. The van der Waals surface area contributed by atoms with Crippen LogP contribution in [0.15, 0.2) is 36.7 Å². The van der Waals surface area contributed by atoms with Crippen LogP contribution in [0.1, 0.15) is 47.8 Å². The Bertz CT molecular complexity index is 738. The fourth-order valence-electron chi connectivity index (χ4n) is 3.59. The summed E-state index contributed by atoms with van der Waals surface area (Å²) in [5.41, 5.74) is 0.598. The van der Waals surface area contributed by atoms with E-state index in [2.05, 4.69) is 15.7 Å². The molecular formula is C19H22ClN3O. The summed E-state index contributed by atoms with van der Waals surface area (Å²) in [7, 11) is 0. The molecule has 1 aromatic carbocycles. The summed E-state index contributed by atoms with van der Waals surface area (Å²) >= 11 is 6.20. The number of benzene rings is 1. The Kier molecular flexibility index (Phi) is 4.31. The molecule has 1 aliphatic heterocycles. The van der Waals surface area contributed by atoms with Crippen molar-refractivity contribution in [3.8, 4) is 0 Å². The van der Waals surface area contributed by atoms with Crippen LogP contribution in [0.5, 0.6) is 0 Å². The Balaban J connectivity index is 1.50. The van der Waals surface area contributed by atoms with E-state index in [4.69, 9.17) is 11.6 Å². The van der Waals surface area contributed by atoms with Crippen molar-refractivity contribution in [1.82, 2.24) is 14.5 Å². The van der Waals surface area contributed by atoms with Crippen LogP contribution in [0.2, 0.25) is 5.02 Å². The van der Waals surface area contributed by atoms with Gasteiger partial charge in [0, 0.05) is 37.9 Å². The number of hydrogen-bond acceptors (Lipinski definition) is 2. The average Bonchev–Trinajstić information content (AvgIpc) is 3.30. The third-order valence-corrected chi connectivity index (χ3v) is 5.41. The van der Waals surface area contributed by atoms with Crippen molar-refractivity contribution >= 4 is 17.5 Å². The largest absolute Gasteiger partial charge is 0.338 e. The molecule has 1 saturated heterocycles. The van der Waals surface area contributed by atoms with E-state index < -0.39 is 0 Å². The minimum Gasteiger partial charge on any atom is -0.338 e. The van der Waals surface area contributed by atoms with Crippen molar-refractivity contribution in [2.45, 2.75) is 38.1 Å². The van der Waals surface area contributed by atoms with Crippen LogP contribution < -0.4 is 0 Å². The molecule has 2 heterocycles. The predicted molar refractivity (Wildman–Crippen MR) is 94.3 cm³/mol. The summed E-state index contributed by atoms with van der Waals surface area (Å²) in [5.74, 6) is 2.31. The van der Waals surface area contributed by atoms with E-state index in [0.29, 0.717) is 16.5 Å². The van der Waals surface area contributed by atoms with E-state index in [9.17, 15) is 4.79 Å². The van der Waals surface area contributed by atoms with Crippen LogP contribution in [0.4, 0.5) is 0 Å². The average molecular weight is 344 g/mol. The molecule has 2 aliphatic rings. The number of aromatic nitrogens is 2. The summed E-state index contributed by atoms with van der Waals surface area (Å²) < 4.78 is 2.30. The number of carbonyl (C=O) groups is 1. The Labute approximate surface area is 147 Å². The fourth-order valence-corrected chi connectivity index (χ4v) is 3.81. The molecule has 4 nitrogen and oxygen atoms in total. The third kappa shape index (κ3) is 3.20. The molecule has 4 rings (SSSR count). The summed E-state index contributed by atoms with van der Waals surface area (Å²) in [6.45, 7) is 2.60. The topological polar surface area (TPSA) is 38.1 Å². The molecule has 0 spiro atoms. The zero-order chi connectivity index (χ0) is 16.5. The zero-order valence-corrected chi connectivity index (χ0v) is 14.5. The SMILES string of the molecule is O=C(c1ccccc1Cl)N1CCC[C@@H](c2nccn2CC2CC2)C1. The summed E-state index contributed by atoms with van der Waals surface area (Å²) in [4.78, 5) is 19.4. The molecule has 126 valence electrons. The summed E-state index contributed by atoms with van der Waals surface area (Å²) in [6, 6.07) is 7.30. The highest BCUT2D eigenvalue weighted by atomic mass is 35.5. The number of imidazole rings is 1. The molecule has 5 heteroatoms. The van der Waals surface area contributed by atoms with E-state index in [-0.39, 0.29) is 5.91 Å². The third-order valence-electron chi connectivity index (χ3n) is 5.08. The minimum absolute atomic E-state index is 0.0330. The molecule has 0 radical (unpaired) electrons. The fraction of sp³-hybridized carbons (Fsp3) is 0.474. The van der Waals surface area contributed by atoms with E-state index >= 15 is 0 Å². The van der Waals surface area contributed by atoms with Gasteiger partial charge in [-0.15, -0.1) is 0 Å². The number of hydrogen-bond donors (Lipinski definition) is 0. The van der Waals surface area contributed by atoms with Crippen molar-refractivity contribution in [3.63, 3.8) is 0 Å². The van der Waals surface area contributed by atoms with E-state index in [0.717, 1.165) is 44.2 Å². The molecular weight excluding hydrogens is 322 g/mol. The number of amides is 1. The quantitative estimate of drug-likeness (QED) is 0.842. The van der Waals surface area contributed by atoms with Gasteiger partial charge < -0.3 is 9.47 Å². The highest BCUT2D eigenvalue weighted by Gasteiger charge is 2.30. The molecule has 1 saturated carbocycles. The Hall–Kier alpha value is -1.81. The first kappa shape index (κ1) is 15.7. The van der Waals surface area contributed by atoms with Gasteiger partial charge in [0.05, 0.1) is 10.6 Å². The Morgan fingerprint density at radius 3 is 2.88 bits per heavy atom. The molecule has 1 amide bonds. The maximum Gasteiger partial charge on any atom is 0.255 e. The van der Waals surface area contributed by atoms with Crippen molar-refractivity contribution < 1.29 is 4.79 Å². The maximum atomic E-state index is 12.8. The monoisotopic (exact) mass is 343 g/mol. The molecule has 0 N–H and O–H groups in total. The van der Waals surface area contributed by atoms with Crippen LogP contribution in [-0.4, -0.2) is 33.4 Å². The maximum absolute atomic E-state index is 12.8. The Morgan fingerprint density at radius 1 is 1.25 bits per heavy atom. The van der Waals surface area contributed by atoms with E-state index in [1.807, 2.05) is 29.3 Å². The molecule has 2 aromatic rings. The standard InChI is InChI=1S/C19H22ClN3O/c20-17-6-2-1-5-16(17)19(24)23-10-3-4-15(13-23)18-21-9-11-22(18)12-14-7-8-14/h1-2,5-6,9,11,14-15H,3-4,7-8,10,12-13H2/t15-/m1/s1. The lowest BCUT2D eigenvalue weighted by Crippen LogP contribution is -2.40. The summed E-state index contributed by atoms with van der Waals surface area (Å²) in [5, 5.41) is 0.528. The lowest BCUT2D eigenvalue weighted by Gasteiger charge is -2.33. The van der Waals surface area contributed by atoms with Gasteiger partial charge in [0.15, 0.2) is 0 Å². The number of carbonyl (C=O) groups excluding carboxylic acids is 1. The van der Waals surface area contributed by atoms with E-state index in [1.165, 1.54) is 12.8 Å². The number of rotatable bonds is 4. The number of nitrogens with zero attached hydrogens (tertiary/aromatic N) is 3. The Morgan fingerprint density at radius 2 is 2.08 bits per heavy atom. The number of piperidine rings is 1. The van der Waals surface area contributed by atoms with Gasteiger partial charge in [0.2, 0.25) is 0 Å². The van der Waals surface area contributed by atoms with Gasteiger partial charge >= 0.3 is 0 Å². The number of halogens is 1. The second kappa shape index (κ2) is 6.60. The molecule has 1 aliphatic carbocycles. The van der Waals surface area contributed by atoms with Crippen LogP contribution in [0, 0.1) is 5.92 Å². The molecule has 2 fully saturated rings. The van der Waals surface area contributed by atoms with Gasteiger partial charge in [-0.2, -0.15) is 0 Å². The van der Waals surface area contributed by atoms with Crippen molar-refractivity contribution in [2.24, 2.45) is 5.92 Å². The highest BCUT2D eigenvalue weighted by Crippen LogP contribution is 2.33. The van der Waals surface area contributed by atoms with Gasteiger partial charge in [-0.3, -0.25) is 4.79 Å². The molecule has 1 aromatic heterocycles. The molecule has 1 atom stereocenters. The van der Waals surface area contributed by atoms with Crippen LogP contribution in [0.3, 0.4) is 0 Å². The molecule has 0 unspecified atom stereocenters. The van der Waals surface area contributed by atoms with Crippen LogP contribution in [-0.2, 0) is 6.54 Å². The van der Waals surface area contributed by atoms with Crippen molar-refractivity contribution in [2.75, 3.05) is 13.1 Å². The second-order valence-corrected chi connectivity index (χ2v) is 7.36. The second-order valence-electron chi connectivity index (χ2n) is 6.95. The zero-order valence-electron chi connectivity index (χ0n) is 13.7.